The number of aliphatic hydroxyl groups excluding tert-OH is 1. The van der Waals surface area contributed by atoms with E-state index in [9.17, 15) is 5.11 Å². The van der Waals surface area contributed by atoms with E-state index < -0.39 is 0 Å². The monoisotopic (exact) mass is 298 g/mol. The molecule has 4 heteroatoms. The fraction of sp³-hybridized carbons (Fsp3) is 0.444. The Morgan fingerprint density at radius 1 is 1.23 bits per heavy atom. The first-order valence-electron chi connectivity index (χ1n) is 7.89. The maximum Gasteiger partial charge on any atom is 0.213 e. The van der Waals surface area contributed by atoms with Crippen molar-refractivity contribution in [1.29, 1.82) is 0 Å². The molecular formula is C18H22N2O2. The lowest BCUT2D eigenvalue weighted by Gasteiger charge is -2.25. The summed E-state index contributed by atoms with van der Waals surface area (Å²) in [7, 11) is 1.62. The number of hydrogen-bond donors (Lipinski definition) is 1. The highest BCUT2D eigenvalue weighted by Crippen LogP contribution is 2.30. The van der Waals surface area contributed by atoms with E-state index in [1.54, 1.807) is 7.11 Å². The van der Waals surface area contributed by atoms with E-state index in [4.69, 9.17) is 4.74 Å². The van der Waals surface area contributed by atoms with E-state index in [1.165, 1.54) is 0 Å². The summed E-state index contributed by atoms with van der Waals surface area (Å²) in [5.74, 6) is 1.70. The third-order valence-corrected chi connectivity index (χ3v) is 4.50. The molecule has 2 aromatic heterocycles. The molecule has 22 heavy (non-hydrogen) atoms. The van der Waals surface area contributed by atoms with Crippen molar-refractivity contribution in [2.45, 2.75) is 25.7 Å². The molecule has 1 saturated carbocycles. The van der Waals surface area contributed by atoms with Crippen molar-refractivity contribution in [2.24, 2.45) is 11.8 Å². The average Bonchev–Trinajstić information content (AvgIpc) is 2.59. The van der Waals surface area contributed by atoms with Crippen LogP contribution in [-0.2, 0) is 0 Å². The van der Waals surface area contributed by atoms with Crippen LogP contribution in [0.4, 0.5) is 0 Å². The Kier molecular flexibility index (Phi) is 4.68. The molecule has 0 aromatic carbocycles. The fourth-order valence-corrected chi connectivity index (χ4v) is 3.08. The first-order valence-corrected chi connectivity index (χ1v) is 7.89. The van der Waals surface area contributed by atoms with Crippen LogP contribution in [0.15, 0.2) is 30.5 Å². The molecule has 3 rings (SSSR count). The summed E-state index contributed by atoms with van der Waals surface area (Å²) in [6.07, 6.45) is 10.8. The summed E-state index contributed by atoms with van der Waals surface area (Å²) in [5.41, 5.74) is 2.84. The zero-order valence-corrected chi connectivity index (χ0v) is 12.9. The zero-order valence-electron chi connectivity index (χ0n) is 12.9. The minimum Gasteiger partial charge on any atom is -0.481 e. The Bertz CT molecular complexity index is 661. The quantitative estimate of drug-likeness (QED) is 0.939. The van der Waals surface area contributed by atoms with Crippen LogP contribution < -0.4 is 4.74 Å². The van der Waals surface area contributed by atoms with Gasteiger partial charge in [-0.15, -0.1) is 0 Å². The van der Waals surface area contributed by atoms with Crippen molar-refractivity contribution in [3.8, 4) is 5.88 Å². The van der Waals surface area contributed by atoms with E-state index in [0.29, 0.717) is 24.3 Å². The number of pyridine rings is 2. The van der Waals surface area contributed by atoms with Crippen LogP contribution in [-0.4, -0.2) is 28.8 Å². The molecule has 2 aromatic rings. The third kappa shape index (κ3) is 3.28. The van der Waals surface area contributed by atoms with E-state index in [0.717, 1.165) is 42.3 Å². The first-order chi connectivity index (χ1) is 10.8. The van der Waals surface area contributed by atoms with Crippen molar-refractivity contribution in [1.82, 2.24) is 9.97 Å². The van der Waals surface area contributed by atoms with Crippen molar-refractivity contribution < 1.29 is 9.84 Å². The van der Waals surface area contributed by atoms with E-state index in [1.807, 2.05) is 24.4 Å². The Morgan fingerprint density at radius 3 is 2.77 bits per heavy atom. The van der Waals surface area contributed by atoms with Crippen molar-refractivity contribution >= 4 is 17.1 Å². The molecule has 0 unspecified atom stereocenters. The van der Waals surface area contributed by atoms with Crippen molar-refractivity contribution in [2.75, 3.05) is 13.7 Å². The molecule has 1 aliphatic carbocycles. The molecule has 2 heterocycles. The minimum absolute atomic E-state index is 0.329. The van der Waals surface area contributed by atoms with Crippen molar-refractivity contribution in [3.63, 3.8) is 0 Å². The largest absolute Gasteiger partial charge is 0.481 e. The summed E-state index contributed by atoms with van der Waals surface area (Å²) in [6.45, 7) is 0.329. The van der Waals surface area contributed by atoms with E-state index >= 15 is 0 Å². The average molecular weight is 298 g/mol. The van der Waals surface area contributed by atoms with Crippen LogP contribution in [0.25, 0.3) is 17.1 Å². The SMILES string of the molecule is COc1ccc2nccc(/C=C/C3CCC(CO)CC3)c2n1. The number of ether oxygens (including phenoxy) is 1. The third-order valence-electron chi connectivity index (χ3n) is 4.50. The predicted octanol–water partition coefficient (Wildman–Crippen LogP) is 3.45. The Balaban J connectivity index is 1.80. The Morgan fingerprint density at radius 2 is 2.05 bits per heavy atom. The second-order valence-electron chi connectivity index (χ2n) is 5.94. The molecule has 0 radical (unpaired) electrons. The smallest absolute Gasteiger partial charge is 0.213 e. The molecule has 4 nitrogen and oxygen atoms in total. The van der Waals surface area contributed by atoms with Gasteiger partial charge in [-0.2, -0.15) is 0 Å². The van der Waals surface area contributed by atoms with Gasteiger partial charge in [0.2, 0.25) is 5.88 Å². The van der Waals surface area contributed by atoms with Gasteiger partial charge in [0.05, 0.1) is 18.1 Å². The van der Waals surface area contributed by atoms with Gasteiger partial charge >= 0.3 is 0 Å². The van der Waals surface area contributed by atoms with Crippen LogP contribution in [0.3, 0.4) is 0 Å². The highest BCUT2D eigenvalue weighted by molar-refractivity contribution is 5.84. The molecule has 0 bridgehead atoms. The van der Waals surface area contributed by atoms with Gasteiger partial charge in [0, 0.05) is 24.4 Å². The molecule has 1 fully saturated rings. The molecular weight excluding hydrogens is 276 g/mol. The lowest BCUT2D eigenvalue weighted by molar-refractivity contribution is 0.178. The van der Waals surface area contributed by atoms with E-state index in [2.05, 4.69) is 22.1 Å². The van der Waals surface area contributed by atoms with Crippen molar-refractivity contribution in [3.05, 3.63) is 36.0 Å². The van der Waals surface area contributed by atoms with Crippen LogP contribution in [0.1, 0.15) is 31.2 Å². The number of methoxy groups -OCH3 is 1. The first kappa shape index (κ1) is 15.0. The number of hydrogen-bond acceptors (Lipinski definition) is 4. The summed E-state index contributed by atoms with van der Waals surface area (Å²) >= 11 is 0. The number of aromatic nitrogens is 2. The fourth-order valence-electron chi connectivity index (χ4n) is 3.08. The van der Waals surface area contributed by atoms with Crippen LogP contribution in [0.5, 0.6) is 5.88 Å². The van der Waals surface area contributed by atoms with Gasteiger partial charge in [-0.1, -0.05) is 12.2 Å². The molecule has 1 aliphatic rings. The minimum atomic E-state index is 0.329. The summed E-state index contributed by atoms with van der Waals surface area (Å²) in [5, 5.41) is 9.21. The molecule has 0 aliphatic heterocycles. The molecule has 0 saturated heterocycles. The molecule has 0 atom stereocenters. The maximum absolute atomic E-state index is 9.21. The highest BCUT2D eigenvalue weighted by Gasteiger charge is 2.18. The van der Waals surface area contributed by atoms with Gasteiger partial charge in [0.1, 0.15) is 0 Å². The number of rotatable bonds is 4. The lowest BCUT2D eigenvalue weighted by atomic mass is 9.82. The van der Waals surface area contributed by atoms with Crippen LogP contribution in [0.2, 0.25) is 0 Å². The van der Waals surface area contributed by atoms with Gasteiger partial charge in [0.15, 0.2) is 0 Å². The molecule has 1 N–H and O–H groups in total. The highest BCUT2D eigenvalue weighted by atomic mass is 16.5. The summed E-state index contributed by atoms with van der Waals surface area (Å²) < 4.78 is 5.21. The number of fused-ring (bicyclic) bond motifs is 1. The van der Waals surface area contributed by atoms with Gasteiger partial charge in [-0.3, -0.25) is 4.98 Å². The van der Waals surface area contributed by atoms with Gasteiger partial charge in [0.25, 0.3) is 0 Å². The molecule has 0 spiro atoms. The number of allylic oxidation sites excluding steroid dienone is 1. The molecule has 0 amide bonds. The van der Waals surface area contributed by atoms with E-state index in [-0.39, 0.29) is 0 Å². The van der Waals surface area contributed by atoms with Gasteiger partial charge in [-0.25, -0.2) is 4.98 Å². The lowest BCUT2D eigenvalue weighted by Crippen LogP contribution is -2.15. The standard InChI is InChI=1S/C18H22N2O2/c1-22-17-9-8-16-18(20-17)15(10-11-19-16)7-6-13-2-4-14(12-21)5-3-13/h6-11,13-14,21H,2-5,12H2,1H3/b7-6+. The zero-order chi connectivity index (χ0) is 15.4. The second kappa shape index (κ2) is 6.88. The summed E-state index contributed by atoms with van der Waals surface area (Å²) in [4.78, 5) is 8.87. The second-order valence-corrected chi connectivity index (χ2v) is 5.94. The maximum atomic E-state index is 9.21. The number of nitrogens with zero attached hydrogens (tertiary/aromatic N) is 2. The number of aliphatic hydroxyl groups is 1. The van der Waals surface area contributed by atoms with Crippen LogP contribution >= 0.6 is 0 Å². The predicted molar refractivity (Wildman–Crippen MR) is 87.7 cm³/mol. The Labute approximate surface area is 130 Å². The Hall–Kier alpha value is -1.94. The van der Waals surface area contributed by atoms with Crippen LogP contribution in [0, 0.1) is 11.8 Å². The molecule has 116 valence electrons. The normalized spacial score (nSPS) is 22.3. The van der Waals surface area contributed by atoms with Gasteiger partial charge < -0.3 is 9.84 Å². The summed E-state index contributed by atoms with van der Waals surface area (Å²) in [6, 6.07) is 5.76. The van der Waals surface area contributed by atoms with Gasteiger partial charge in [-0.05, 0) is 49.7 Å². The topological polar surface area (TPSA) is 55.2 Å².